The molecule has 8 heteroatoms. The van der Waals surface area contributed by atoms with Crippen molar-refractivity contribution in [2.45, 2.75) is 26.2 Å². The molecule has 0 saturated carbocycles. The van der Waals surface area contributed by atoms with Crippen molar-refractivity contribution in [3.05, 3.63) is 35.9 Å². The molecule has 0 spiro atoms. The number of para-hydroxylation sites is 1. The molecule has 0 saturated heterocycles. The predicted molar refractivity (Wildman–Crippen MR) is 103 cm³/mol. The van der Waals surface area contributed by atoms with Crippen molar-refractivity contribution in [2.75, 3.05) is 26.3 Å². The Labute approximate surface area is 153 Å². The van der Waals surface area contributed by atoms with Crippen molar-refractivity contribution in [1.82, 2.24) is 10.3 Å². The average Bonchev–Trinajstić information content (AvgIpc) is 2.55. The topological polar surface area (TPSA) is 80.7 Å². The van der Waals surface area contributed by atoms with E-state index in [1.54, 1.807) is 0 Å². The van der Waals surface area contributed by atoms with Gasteiger partial charge in [0, 0.05) is 29.2 Å². The molecule has 0 amide bonds. The monoisotopic (exact) mass is 384 g/mol. The van der Waals surface area contributed by atoms with Crippen molar-refractivity contribution in [3.8, 4) is 5.88 Å². The summed E-state index contributed by atoms with van der Waals surface area (Å²) in [5.74, 6) is 0.669. The molecule has 138 valence electrons. The lowest BCUT2D eigenvalue weighted by molar-refractivity contribution is 0.291. The van der Waals surface area contributed by atoms with Gasteiger partial charge in [-0.05, 0) is 44.4 Å². The average molecular weight is 385 g/mol. The van der Waals surface area contributed by atoms with Gasteiger partial charge in [0.25, 0.3) is 9.05 Å². The molecule has 2 N–H and O–H groups in total. The number of unbranched alkanes of at least 4 members (excludes halogenated alkanes) is 2. The van der Waals surface area contributed by atoms with Gasteiger partial charge in [-0.3, -0.25) is 8.74 Å². The zero-order chi connectivity index (χ0) is 18.1. The van der Waals surface area contributed by atoms with Crippen molar-refractivity contribution in [2.24, 2.45) is 0 Å². The minimum atomic E-state index is -3.50. The van der Waals surface area contributed by atoms with Crippen LogP contribution in [-0.4, -0.2) is 40.0 Å². The number of aryl methyl sites for hydroxylation is 1. The largest absolute Gasteiger partial charge is 0.478 e. The first-order valence-corrected chi connectivity index (χ1v) is 10.6. The van der Waals surface area contributed by atoms with Crippen LogP contribution in [0.2, 0.25) is 0 Å². The van der Waals surface area contributed by atoms with E-state index in [0.717, 1.165) is 42.3 Å². The molecule has 0 aliphatic rings. The van der Waals surface area contributed by atoms with Crippen LogP contribution in [0.4, 0.5) is 0 Å². The van der Waals surface area contributed by atoms with Gasteiger partial charge in [0.15, 0.2) is 0 Å². The van der Waals surface area contributed by atoms with Gasteiger partial charge in [-0.25, -0.2) is 4.98 Å². The Morgan fingerprint density at radius 2 is 2.00 bits per heavy atom. The zero-order valence-corrected chi connectivity index (χ0v) is 15.9. The molecule has 0 aliphatic carbocycles. The molecule has 1 atom stereocenters. The quantitative estimate of drug-likeness (QED) is 0.577. The number of ether oxygens (including phenoxy) is 1. The Bertz CT molecular complexity index is 781. The molecule has 1 unspecified atom stereocenters. The molecule has 25 heavy (non-hydrogen) atoms. The number of hydrogen-bond donors (Lipinski definition) is 2. The summed E-state index contributed by atoms with van der Waals surface area (Å²) in [5, 5.41) is 4.28. The van der Waals surface area contributed by atoms with Gasteiger partial charge in [-0.2, -0.15) is 4.21 Å². The maximum Gasteiger partial charge on any atom is 0.266 e. The third-order valence-electron chi connectivity index (χ3n) is 3.66. The fourth-order valence-corrected chi connectivity index (χ4v) is 2.94. The number of benzene rings is 1. The molecule has 0 bridgehead atoms. The van der Waals surface area contributed by atoms with Crippen molar-refractivity contribution < 1.29 is 17.7 Å². The minimum Gasteiger partial charge on any atom is -0.478 e. The standard InChI is InChI=1S/C17H24N2O4S2/c1-14-13-17(19-16-8-4-3-7-15(14)16)22-11-6-2-5-9-18-10-12-23-25(20,21)24/h3-4,7-8,13,18H,2,5-6,9-12H2,1H3,(H,20,21,24). The Hall–Kier alpha value is -1.32. The Balaban J connectivity index is 1.58. The van der Waals surface area contributed by atoms with Crippen LogP contribution in [0.1, 0.15) is 24.8 Å². The number of pyridine rings is 1. The summed E-state index contributed by atoms with van der Waals surface area (Å²) in [4.78, 5) is 4.52. The normalized spacial score (nSPS) is 13.7. The number of hydrogen-bond acceptors (Lipinski definition) is 6. The fraction of sp³-hybridized carbons (Fsp3) is 0.471. The Morgan fingerprint density at radius 1 is 1.20 bits per heavy atom. The highest BCUT2D eigenvalue weighted by Gasteiger charge is 2.03. The molecule has 0 radical (unpaired) electrons. The Kier molecular flexibility index (Phi) is 7.98. The van der Waals surface area contributed by atoms with E-state index >= 15 is 0 Å². The van der Waals surface area contributed by atoms with Crippen molar-refractivity contribution >= 4 is 31.1 Å². The molecular formula is C17H24N2O4S2. The van der Waals surface area contributed by atoms with Crippen LogP contribution in [0.25, 0.3) is 10.9 Å². The third kappa shape index (κ3) is 7.62. The van der Waals surface area contributed by atoms with E-state index in [0.29, 0.717) is 19.0 Å². The number of rotatable bonds is 11. The summed E-state index contributed by atoms with van der Waals surface area (Å²) in [7, 11) is -3.50. The summed E-state index contributed by atoms with van der Waals surface area (Å²) >= 11 is 4.22. The fourth-order valence-electron chi connectivity index (χ4n) is 2.44. The lowest BCUT2D eigenvalue weighted by Gasteiger charge is -2.09. The molecular weight excluding hydrogens is 360 g/mol. The minimum absolute atomic E-state index is 0.134. The molecule has 1 aromatic carbocycles. The van der Waals surface area contributed by atoms with Gasteiger partial charge in [0.2, 0.25) is 5.88 Å². The molecule has 0 aliphatic heterocycles. The summed E-state index contributed by atoms with van der Waals surface area (Å²) in [6.45, 7) is 4.16. The SMILES string of the molecule is Cc1cc(OCCCCCNCCOS(=O)(O)=S)nc2ccccc12. The summed E-state index contributed by atoms with van der Waals surface area (Å²) in [5.41, 5.74) is 2.12. The van der Waals surface area contributed by atoms with Crippen LogP contribution in [0.15, 0.2) is 30.3 Å². The molecule has 0 fully saturated rings. The first-order valence-electron chi connectivity index (χ1n) is 8.27. The van der Waals surface area contributed by atoms with Crippen LogP contribution in [-0.2, 0) is 24.4 Å². The second kappa shape index (κ2) is 9.98. The van der Waals surface area contributed by atoms with Gasteiger partial charge < -0.3 is 10.1 Å². The maximum absolute atomic E-state index is 10.7. The lowest BCUT2D eigenvalue weighted by atomic mass is 10.1. The Morgan fingerprint density at radius 3 is 2.80 bits per heavy atom. The van der Waals surface area contributed by atoms with E-state index in [-0.39, 0.29) is 6.61 Å². The number of nitrogens with zero attached hydrogens (tertiary/aromatic N) is 1. The molecule has 6 nitrogen and oxygen atoms in total. The number of fused-ring (bicyclic) bond motifs is 1. The number of aromatic nitrogens is 1. The van der Waals surface area contributed by atoms with Crippen LogP contribution in [0.5, 0.6) is 5.88 Å². The number of nitrogens with one attached hydrogen (secondary N) is 1. The lowest BCUT2D eigenvalue weighted by Crippen LogP contribution is -2.22. The van der Waals surface area contributed by atoms with E-state index in [4.69, 9.17) is 9.29 Å². The molecule has 1 aromatic heterocycles. The van der Waals surface area contributed by atoms with Crippen molar-refractivity contribution in [1.29, 1.82) is 0 Å². The maximum atomic E-state index is 10.7. The highest BCUT2D eigenvalue weighted by molar-refractivity contribution is 8.27. The van der Waals surface area contributed by atoms with Gasteiger partial charge in [0.1, 0.15) is 0 Å². The molecule has 2 aromatic rings. The van der Waals surface area contributed by atoms with Crippen LogP contribution in [0.3, 0.4) is 0 Å². The smallest absolute Gasteiger partial charge is 0.266 e. The van der Waals surface area contributed by atoms with Gasteiger partial charge in [0.05, 0.1) is 18.7 Å². The first kappa shape index (κ1) is 20.0. The summed E-state index contributed by atoms with van der Waals surface area (Å²) in [6.07, 6.45) is 2.97. The molecule has 1 heterocycles. The van der Waals surface area contributed by atoms with E-state index in [1.807, 2.05) is 24.3 Å². The highest BCUT2D eigenvalue weighted by atomic mass is 32.9. The van der Waals surface area contributed by atoms with E-state index in [9.17, 15) is 4.21 Å². The highest BCUT2D eigenvalue weighted by Crippen LogP contribution is 2.21. The van der Waals surface area contributed by atoms with Crippen molar-refractivity contribution in [3.63, 3.8) is 0 Å². The van der Waals surface area contributed by atoms with Crippen LogP contribution < -0.4 is 10.1 Å². The van der Waals surface area contributed by atoms with Gasteiger partial charge in [-0.15, -0.1) is 0 Å². The van der Waals surface area contributed by atoms with Crippen LogP contribution >= 0.6 is 0 Å². The van der Waals surface area contributed by atoms with Gasteiger partial charge in [-0.1, -0.05) is 18.2 Å². The molecule has 2 rings (SSSR count). The second-order valence-corrected chi connectivity index (χ2v) is 8.06. The first-order chi connectivity index (χ1) is 12.0. The zero-order valence-electron chi connectivity index (χ0n) is 14.3. The van der Waals surface area contributed by atoms with E-state index in [1.165, 1.54) is 0 Å². The predicted octanol–water partition coefficient (Wildman–Crippen LogP) is 2.83. The van der Waals surface area contributed by atoms with E-state index in [2.05, 4.69) is 38.7 Å². The third-order valence-corrected chi connectivity index (χ3v) is 4.41. The van der Waals surface area contributed by atoms with Gasteiger partial charge >= 0.3 is 0 Å². The van der Waals surface area contributed by atoms with E-state index < -0.39 is 9.05 Å². The van der Waals surface area contributed by atoms with Crippen LogP contribution in [0, 0.1) is 6.92 Å². The summed E-state index contributed by atoms with van der Waals surface area (Å²) < 4.78 is 29.8. The summed E-state index contributed by atoms with van der Waals surface area (Å²) in [6, 6.07) is 10.0. The second-order valence-electron chi connectivity index (χ2n) is 5.70.